The van der Waals surface area contributed by atoms with Gasteiger partial charge in [0.2, 0.25) is 0 Å². The molecule has 0 fully saturated rings. The van der Waals surface area contributed by atoms with E-state index in [-0.39, 0.29) is 5.41 Å². The van der Waals surface area contributed by atoms with Crippen molar-refractivity contribution in [3.8, 4) is 0 Å². The van der Waals surface area contributed by atoms with Crippen LogP contribution in [0.1, 0.15) is 51.7 Å². The van der Waals surface area contributed by atoms with E-state index in [0.717, 1.165) is 143 Å². The molecule has 0 unspecified atom stereocenters. The zero-order chi connectivity index (χ0) is 50.3. The molecule has 6 nitrogen and oxygen atoms in total. The molecule has 15 aromatic rings. The van der Waals surface area contributed by atoms with Gasteiger partial charge in [0.1, 0.15) is 22.3 Å². The number of anilines is 6. The summed E-state index contributed by atoms with van der Waals surface area (Å²) >= 11 is 0. The lowest BCUT2D eigenvalue weighted by Crippen LogP contribution is -2.13. The van der Waals surface area contributed by atoms with Crippen LogP contribution in [0.4, 0.5) is 34.1 Å². The first kappa shape index (κ1) is 43.3. The van der Waals surface area contributed by atoms with Gasteiger partial charge in [-0.2, -0.15) is 0 Å². The van der Waals surface area contributed by atoms with E-state index >= 15 is 0 Å². The summed E-state index contributed by atoms with van der Waals surface area (Å²) in [6, 6.07) is 73.8. The molecular weight excluding hydrogens is 921 g/mol. The lowest BCUT2D eigenvalue weighted by atomic mass is 9.87. The summed E-state index contributed by atoms with van der Waals surface area (Å²) in [7, 11) is 0. The van der Waals surface area contributed by atoms with Gasteiger partial charge in [-0.3, -0.25) is 0 Å². The number of hydrogen-bond acceptors (Lipinski definition) is 6. The van der Waals surface area contributed by atoms with E-state index in [1.165, 1.54) is 11.1 Å². The maximum Gasteiger partial charge on any atom is 0.178 e. The number of hydrogen-bond donors (Lipinski definition) is 0. The molecule has 0 aliphatic rings. The summed E-state index contributed by atoms with van der Waals surface area (Å²) in [4.78, 5) is 4.62. The molecule has 0 amide bonds. The van der Waals surface area contributed by atoms with Gasteiger partial charge < -0.3 is 27.5 Å². The highest BCUT2D eigenvalue weighted by molar-refractivity contribution is 6.22. The van der Waals surface area contributed by atoms with E-state index in [4.69, 9.17) is 17.7 Å². The average molecular weight is 971 g/mol. The van der Waals surface area contributed by atoms with Crippen LogP contribution >= 0.6 is 0 Å². The normalized spacial score (nSPS) is 12.5. The van der Waals surface area contributed by atoms with Crippen LogP contribution in [0.3, 0.4) is 0 Å². The van der Waals surface area contributed by atoms with E-state index in [2.05, 4.69) is 226 Å². The van der Waals surface area contributed by atoms with Crippen LogP contribution in [0.2, 0.25) is 0 Å². The van der Waals surface area contributed by atoms with Crippen LogP contribution in [-0.4, -0.2) is 0 Å². The molecule has 0 aliphatic heterocycles. The van der Waals surface area contributed by atoms with E-state index in [1.54, 1.807) is 0 Å². The predicted molar refractivity (Wildman–Crippen MR) is 313 cm³/mol. The Kier molecular flexibility index (Phi) is 9.31. The molecular formula is C69H50N2O4. The number of rotatable bonds is 7. The molecule has 75 heavy (non-hydrogen) atoms. The van der Waals surface area contributed by atoms with Crippen LogP contribution < -0.4 is 9.80 Å². The Labute approximate surface area is 432 Å². The molecule has 4 heterocycles. The van der Waals surface area contributed by atoms with E-state index in [1.807, 2.05) is 24.3 Å². The van der Waals surface area contributed by atoms with Gasteiger partial charge in [-0.05, 0) is 153 Å². The smallest absolute Gasteiger partial charge is 0.178 e. The summed E-state index contributed by atoms with van der Waals surface area (Å²) < 4.78 is 27.1. The first-order valence-corrected chi connectivity index (χ1v) is 25.9. The molecule has 0 atom stereocenters. The van der Waals surface area contributed by atoms with Crippen molar-refractivity contribution in [1.82, 2.24) is 0 Å². The second kappa shape index (κ2) is 16.1. The van der Waals surface area contributed by atoms with Gasteiger partial charge in [-0.1, -0.05) is 132 Å². The minimum Gasteiger partial charge on any atom is -0.454 e. The van der Waals surface area contributed by atoms with Crippen LogP contribution in [-0.2, 0) is 5.41 Å². The zero-order valence-corrected chi connectivity index (χ0v) is 42.2. The Morgan fingerprint density at radius 3 is 1.20 bits per heavy atom. The van der Waals surface area contributed by atoms with Gasteiger partial charge in [-0.25, -0.2) is 0 Å². The third-order valence-electron chi connectivity index (χ3n) is 15.5. The highest BCUT2D eigenvalue weighted by Crippen LogP contribution is 2.47. The van der Waals surface area contributed by atoms with Crippen molar-refractivity contribution in [1.29, 1.82) is 0 Å². The van der Waals surface area contributed by atoms with Crippen molar-refractivity contribution in [2.24, 2.45) is 0 Å². The van der Waals surface area contributed by atoms with Crippen LogP contribution in [0.5, 0.6) is 0 Å². The number of nitrogens with zero attached hydrogens (tertiary/aromatic N) is 2. The Hall–Kier alpha value is -9.26. The Morgan fingerprint density at radius 2 is 0.733 bits per heavy atom. The minimum absolute atomic E-state index is 0.0209. The largest absolute Gasteiger partial charge is 0.454 e. The van der Waals surface area contributed by atoms with Crippen LogP contribution in [0.15, 0.2) is 224 Å². The van der Waals surface area contributed by atoms with E-state index < -0.39 is 0 Å². The Bertz CT molecular complexity index is 4790. The first-order valence-electron chi connectivity index (χ1n) is 25.9. The third-order valence-corrected chi connectivity index (χ3v) is 15.5. The summed E-state index contributed by atoms with van der Waals surface area (Å²) in [6.45, 7) is 11.2. The minimum atomic E-state index is 0.0209. The molecule has 6 heteroatoms. The summed E-state index contributed by atoms with van der Waals surface area (Å²) in [5.41, 5.74) is 15.2. The monoisotopic (exact) mass is 970 g/mol. The quantitative estimate of drug-likeness (QED) is 0.159. The maximum absolute atomic E-state index is 6.90. The Balaban J connectivity index is 0.851. The van der Waals surface area contributed by atoms with Crippen molar-refractivity contribution < 1.29 is 17.7 Å². The third kappa shape index (κ3) is 6.79. The van der Waals surface area contributed by atoms with Gasteiger partial charge in [0, 0.05) is 65.8 Å². The predicted octanol–water partition coefficient (Wildman–Crippen LogP) is 21.0. The molecule has 0 saturated carbocycles. The van der Waals surface area contributed by atoms with Gasteiger partial charge in [0.15, 0.2) is 22.3 Å². The van der Waals surface area contributed by atoms with Gasteiger partial charge in [0.05, 0.1) is 11.4 Å². The lowest BCUT2D eigenvalue weighted by Gasteiger charge is -2.27. The molecule has 0 bridgehead atoms. The second-order valence-corrected chi connectivity index (χ2v) is 21.5. The number of para-hydroxylation sites is 4. The standard InChI is InChI=1S/C69H50N2O4/c1-40(2)41-20-26-47(27-21-41)70(59-16-10-14-53-51-12-6-8-18-61(51)72-65(53)59)49-28-22-42-36-57-55-32-33-56-58-37-43-23-29-50(35-45(43)39-64(58)75-68(56)67(55)74-63(57)38-44(42)34-49)71(48-30-24-46(25-31-48)69(3,4)5)60-17-11-15-54-52-13-7-9-19-62(52)73-66(54)60/h6-40H,1-5H3. The molecule has 0 saturated heterocycles. The van der Waals surface area contributed by atoms with Crippen LogP contribution in [0, 0.1) is 0 Å². The number of furan rings is 4. The van der Waals surface area contributed by atoms with Crippen molar-refractivity contribution in [2.45, 2.75) is 46.0 Å². The van der Waals surface area contributed by atoms with Gasteiger partial charge in [0.25, 0.3) is 0 Å². The second-order valence-electron chi connectivity index (χ2n) is 21.5. The SMILES string of the molecule is CC(C)c1ccc(N(c2ccc3cc4c(cc3c2)oc2c4ccc3c4cc5ccc(N(c6ccc(C(C)(C)C)cc6)c6cccc7c6oc6ccccc67)cc5cc4oc32)c2cccc3c2oc2ccccc23)cc1. The molecule has 15 rings (SSSR count). The van der Waals surface area contributed by atoms with Crippen molar-refractivity contribution in [2.75, 3.05) is 9.80 Å². The van der Waals surface area contributed by atoms with E-state index in [0.29, 0.717) is 5.92 Å². The fraction of sp³-hybridized carbons (Fsp3) is 0.101. The highest BCUT2D eigenvalue weighted by atomic mass is 16.4. The summed E-state index contributed by atoms with van der Waals surface area (Å²) in [5.74, 6) is 0.420. The molecule has 0 spiro atoms. The topological polar surface area (TPSA) is 59.0 Å². The summed E-state index contributed by atoms with van der Waals surface area (Å²) in [6.07, 6.45) is 0. The first-order chi connectivity index (χ1) is 36.6. The fourth-order valence-corrected chi connectivity index (χ4v) is 11.6. The number of benzene rings is 11. The summed E-state index contributed by atoms with van der Waals surface area (Å²) in [5, 5.41) is 12.9. The maximum atomic E-state index is 6.90. The average Bonchev–Trinajstić information content (AvgIpc) is 4.20. The molecule has 0 aliphatic carbocycles. The van der Waals surface area contributed by atoms with Crippen molar-refractivity contribution in [3.63, 3.8) is 0 Å². The number of fused-ring (bicyclic) bond motifs is 15. The molecule has 4 aromatic heterocycles. The van der Waals surface area contributed by atoms with Gasteiger partial charge >= 0.3 is 0 Å². The van der Waals surface area contributed by atoms with E-state index in [9.17, 15) is 0 Å². The lowest BCUT2D eigenvalue weighted by molar-refractivity contribution is 0.590. The zero-order valence-electron chi connectivity index (χ0n) is 42.2. The fourth-order valence-electron chi connectivity index (χ4n) is 11.6. The molecule has 0 N–H and O–H groups in total. The Morgan fingerprint density at radius 1 is 0.320 bits per heavy atom. The van der Waals surface area contributed by atoms with Crippen molar-refractivity contribution in [3.05, 3.63) is 217 Å². The van der Waals surface area contributed by atoms with Crippen molar-refractivity contribution >= 4 is 143 Å². The van der Waals surface area contributed by atoms with Crippen LogP contribution in [0.25, 0.3) is 109 Å². The molecule has 11 aromatic carbocycles. The molecule has 360 valence electrons. The van der Waals surface area contributed by atoms with Gasteiger partial charge in [-0.15, -0.1) is 0 Å². The molecule has 0 radical (unpaired) electrons. The highest BCUT2D eigenvalue weighted by Gasteiger charge is 2.24.